The Balaban J connectivity index is 2.09. The van der Waals surface area contributed by atoms with Crippen LogP contribution in [0.2, 0.25) is 0 Å². The van der Waals surface area contributed by atoms with Crippen LogP contribution in [0.25, 0.3) is 0 Å². The smallest absolute Gasteiger partial charge is 0.228 e. The summed E-state index contributed by atoms with van der Waals surface area (Å²) in [6.07, 6.45) is 0.263. The van der Waals surface area contributed by atoms with Crippen molar-refractivity contribution in [1.29, 1.82) is 0 Å². The zero-order valence-electron chi connectivity index (χ0n) is 11.5. The number of hydrogen-bond acceptors (Lipinski definition) is 2. The van der Waals surface area contributed by atoms with E-state index in [1.807, 2.05) is 32.0 Å². The largest absolute Gasteiger partial charge is 0.396 e. The fourth-order valence-electron chi connectivity index (χ4n) is 1.97. The van der Waals surface area contributed by atoms with Gasteiger partial charge in [-0.1, -0.05) is 23.8 Å². The van der Waals surface area contributed by atoms with Crippen LogP contribution in [-0.2, 0) is 11.2 Å². The molecule has 1 amide bonds. The first-order valence-electron chi connectivity index (χ1n) is 6.36. The summed E-state index contributed by atoms with van der Waals surface area (Å²) in [4.78, 5) is 12.0. The molecule has 0 aliphatic carbocycles. The Hall–Kier alpha value is -2.36. The number of amides is 1. The highest BCUT2D eigenvalue weighted by molar-refractivity contribution is 5.92. The standard InChI is InChI=1S/C16H17FN2O/c1-10-3-4-11(2)12(7-10)8-16(20)19-13-5-6-15(18)14(17)9-13/h3-7,9H,8,18H2,1-2H3,(H,19,20). The molecule has 2 rings (SSSR count). The molecule has 0 heterocycles. The fraction of sp³-hybridized carbons (Fsp3) is 0.188. The number of nitrogens with two attached hydrogens (primary N) is 1. The minimum absolute atomic E-state index is 0.0672. The van der Waals surface area contributed by atoms with Gasteiger partial charge in [0.2, 0.25) is 5.91 Å². The molecule has 2 aromatic rings. The first kappa shape index (κ1) is 14.1. The summed E-state index contributed by atoms with van der Waals surface area (Å²) in [5.41, 5.74) is 9.01. The molecule has 2 aromatic carbocycles. The first-order chi connectivity index (χ1) is 9.45. The highest BCUT2D eigenvalue weighted by Crippen LogP contribution is 2.17. The number of halogens is 1. The number of carbonyl (C=O) groups excluding carboxylic acids is 1. The lowest BCUT2D eigenvalue weighted by molar-refractivity contribution is -0.115. The van der Waals surface area contributed by atoms with Crippen molar-refractivity contribution in [2.75, 3.05) is 11.1 Å². The zero-order valence-corrected chi connectivity index (χ0v) is 11.5. The van der Waals surface area contributed by atoms with Crippen molar-refractivity contribution in [2.45, 2.75) is 20.3 Å². The van der Waals surface area contributed by atoms with Crippen molar-refractivity contribution in [3.63, 3.8) is 0 Å². The predicted octanol–water partition coefficient (Wildman–Crippen LogP) is 3.21. The van der Waals surface area contributed by atoms with E-state index in [2.05, 4.69) is 5.32 Å². The summed E-state index contributed by atoms with van der Waals surface area (Å²) >= 11 is 0. The maximum Gasteiger partial charge on any atom is 0.228 e. The summed E-state index contributed by atoms with van der Waals surface area (Å²) < 4.78 is 13.3. The molecule has 3 N–H and O–H groups in total. The van der Waals surface area contributed by atoms with Gasteiger partial charge in [-0.15, -0.1) is 0 Å². The van der Waals surface area contributed by atoms with Crippen LogP contribution in [0.3, 0.4) is 0 Å². The van der Waals surface area contributed by atoms with Crippen molar-refractivity contribution in [1.82, 2.24) is 0 Å². The molecule has 104 valence electrons. The summed E-state index contributed by atoms with van der Waals surface area (Å²) in [6.45, 7) is 3.95. The second-order valence-electron chi connectivity index (χ2n) is 4.89. The minimum atomic E-state index is -0.533. The highest BCUT2D eigenvalue weighted by Gasteiger charge is 2.08. The van der Waals surface area contributed by atoms with Gasteiger partial charge in [-0.2, -0.15) is 0 Å². The Morgan fingerprint density at radius 2 is 1.95 bits per heavy atom. The van der Waals surface area contributed by atoms with Gasteiger partial charge in [0.25, 0.3) is 0 Å². The number of nitrogens with one attached hydrogen (secondary N) is 1. The van der Waals surface area contributed by atoms with E-state index in [0.717, 1.165) is 16.7 Å². The first-order valence-corrected chi connectivity index (χ1v) is 6.36. The van der Waals surface area contributed by atoms with Crippen molar-refractivity contribution >= 4 is 17.3 Å². The number of hydrogen-bond donors (Lipinski definition) is 2. The summed E-state index contributed by atoms with van der Waals surface area (Å²) in [5, 5.41) is 2.67. The third kappa shape index (κ3) is 3.35. The number of carbonyl (C=O) groups is 1. The summed E-state index contributed by atoms with van der Waals surface area (Å²) in [7, 11) is 0. The van der Waals surface area contributed by atoms with Crippen molar-refractivity contribution < 1.29 is 9.18 Å². The maximum atomic E-state index is 13.3. The molecule has 0 aliphatic rings. The van der Waals surface area contributed by atoms with Gasteiger partial charge in [-0.3, -0.25) is 4.79 Å². The van der Waals surface area contributed by atoms with E-state index < -0.39 is 5.82 Å². The average Bonchev–Trinajstić information content (AvgIpc) is 2.38. The quantitative estimate of drug-likeness (QED) is 0.843. The van der Waals surface area contributed by atoms with Crippen LogP contribution in [0.5, 0.6) is 0 Å². The molecule has 3 nitrogen and oxygen atoms in total. The van der Waals surface area contributed by atoms with Gasteiger partial charge in [0, 0.05) is 5.69 Å². The fourth-order valence-corrected chi connectivity index (χ4v) is 1.97. The molecule has 0 saturated carbocycles. The zero-order chi connectivity index (χ0) is 14.7. The Morgan fingerprint density at radius 3 is 2.65 bits per heavy atom. The Bertz CT molecular complexity index is 653. The molecule has 0 atom stereocenters. The molecule has 0 aliphatic heterocycles. The van der Waals surface area contributed by atoms with Crippen LogP contribution in [0, 0.1) is 19.7 Å². The molecule has 0 unspecified atom stereocenters. The molecule has 0 radical (unpaired) electrons. The number of aryl methyl sites for hydroxylation is 2. The third-order valence-corrected chi connectivity index (χ3v) is 3.14. The van der Waals surface area contributed by atoms with Gasteiger partial charge in [0.05, 0.1) is 12.1 Å². The van der Waals surface area contributed by atoms with Gasteiger partial charge in [0.1, 0.15) is 5.82 Å². The lowest BCUT2D eigenvalue weighted by Crippen LogP contribution is -2.15. The van der Waals surface area contributed by atoms with Crippen LogP contribution in [0.1, 0.15) is 16.7 Å². The molecule has 0 aromatic heterocycles. The van der Waals surface area contributed by atoms with E-state index in [1.54, 1.807) is 6.07 Å². The maximum absolute atomic E-state index is 13.3. The SMILES string of the molecule is Cc1ccc(C)c(CC(=O)Nc2ccc(N)c(F)c2)c1. The topological polar surface area (TPSA) is 55.1 Å². The van der Waals surface area contributed by atoms with Crippen molar-refractivity contribution in [2.24, 2.45) is 0 Å². The second-order valence-corrected chi connectivity index (χ2v) is 4.89. The molecule has 20 heavy (non-hydrogen) atoms. The number of rotatable bonds is 3. The highest BCUT2D eigenvalue weighted by atomic mass is 19.1. The van der Waals surface area contributed by atoms with Crippen LogP contribution in [0.15, 0.2) is 36.4 Å². The molecular formula is C16H17FN2O. The average molecular weight is 272 g/mol. The van der Waals surface area contributed by atoms with Crippen LogP contribution >= 0.6 is 0 Å². The Labute approximate surface area is 117 Å². The van der Waals surface area contributed by atoms with Crippen molar-refractivity contribution in [3.8, 4) is 0 Å². The van der Waals surface area contributed by atoms with Crippen LogP contribution in [-0.4, -0.2) is 5.91 Å². The molecule has 0 spiro atoms. The Kier molecular flexibility index (Phi) is 4.03. The Morgan fingerprint density at radius 1 is 1.20 bits per heavy atom. The monoisotopic (exact) mass is 272 g/mol. The molecule has 0 fully saturated rings. The molecular weight excluding hydrogens is 255 g/mol. The van der Waals surface area contributed by atoms with E-state index in [-0.39, 0.29) is 18.0 Å². The number of nitrogen functional groups attached to an aromatic ring is 1. The van der Waals surface area contributed by atoms with Gasteiger partial charge < -0.3 is 11.1 Å². The van der Waals surface area contributed by atoms with E-state index in [1.165, 1.54) is 12.1 Å². The summed E-state index contributed by atoms with van der Waals surface area (Å²) in [5.74, 6) is -0.711. The van der Waals surface area contributed by atoms with Gasteiger partial charge in [-0.05, 0) is 43.2 Å². The molecule has 4 heteroatoms. The van der Waals surface area contributed by atoms with E-state index in [4.69, 9.17) is 5.73 Å². The normalized spacial score (nSPS) is 10.3. The van der Waals surface area contributed by atoms with Gasteiger partial charge >= 0.3 is 0 Å². The van der Waals surface area contributed by atoms with E-state index in [0.29, 0.717) is 5.69 Å². The molecule has 0 bridgehead atoms. The molecule has 0 saturated heterocycles. The van der Waals surface area contributed by atoms with Crippen molar-refractivity contribution in [3.05, 3.63) is 58.9 Å². The minimum Gasteiger partial charge on any atom is -0.396 e. The van der Waals surface area contributed by atoms with E-state index >= 15 is 0 Å². The van der Waals surface area contributed by atoms with Gasteiger partial charge in [-0.25, -0.2) is 4.39 Å². The number of anilines is 2. The van der Waals surface area contributed by atoms with E-state index in [9.17, 15) is 9.18 Å². The lowest BCUT2D eigenvalue weighted by atomic mass is 10.0. The van der Waals surface area contributed by atoms with Crippen LogP contribution < -0.4 is 11.1 Å². The third-order valence-electron chi connectivity index (χ3n) is 3.14. The van der Waals surface area contributed by atoms with Crippen LogP contribution in [0.4, 0.5) is 15.8 Å². The summed E-state index contributed by atoms with van der Waals surface area (Å²) in [6, 6.07) is 10.2. The second kappa shape index (κ2) is 5.74. The van der Waals surface area contributed by atoms with Gasteiger partial charge in [0.15, 0.2) is 0 Å². The number of benzene rings is 2. The lowest BCUT2D eigenvalue weighted by Gasteiger charge is -2.09. The predicted molar refractivity (Wildman–Crippen MR) is 79.1 cm³/mol.